The second-order valence-electron chi connectivity index (χ2n) is 5.63. The van der Waals surface area contributed by atoms with Gasteiger partial charge in [0.15, 0.2) is 6.61 Å². The Bertz CT molecular complexity index is 847. The molecule has 2 aromatic carbocycles. The molecule has 1 N–H and O–H groups in total. The standard InChI is InChI=1S/C20H19Cl2NO3/c1-3-15-6-4-5-13(2)20(15)23-18(24)12-26-19(25)10-8-14-7-9-16(21)17(22)11-14/h4-11H,3,12H2,1-2H3,(H,23,24)/b10-8+. The molecule has 0 fully saturated rings. The molecule has 0 aliphatic heterocycles. The molecule has 1 amide bonds. The third-order valence-electron chi connectivity index (χ3n) is 3.71. The van der Waals surface area contributed by atoms with Gasteiger partial charge < -0.3 is 10.1 Å². The zero-order chi connectivity index (χ0) is 19.1. The number of nitrogens with one attached hydrogen (secondary N) is 1. The summed E-state index contributed by atoms with van der Waals surface area (Å²) < 4.78 is 4.97. The van der Waals surface area contributed by atoms with Crippen LogP contribution in [0, 0.1) is 6.92 Å². The van der Waals surface area contributed by atoms with Crippen molar-refractivity contribution in [2.75, 3.05) is 11.9 Å². The average Bonchev–Trinajstić information content (AvgIpc) is 2.62. The number of hydrogen-bond donors (Lipinski definition) is 1. The minimum absolute atomic E-state index is 0.359. The monoisotopic (exact) mass is 391 g/mol. The average molecular weight is 392 g/mol. The summed E-state index contributed by atoms with van der Waals surface area (Å²) in [6.07, 6.45) is 3.57. The lowest BCUT2D eigenvalue weighted by molar-refractivity contribution is -0.142. The van der Waals surface area contributed by atoms with Crippen molar-refractivity contribution in [3.63, 3.8) is 0 Å². The summed E-state index contributed by atoms with van der Waals surface area (Å²) >= 11 is 11.7. The number of para-hydroxylation sites is 1. The van der Waals surface area contributed by atoms with Crippen LogP contribution < -0.4 is 5.32 Å². The van der Waals surface area contributed by atoms with Gasteiger partial charge >= 0.3 is 5.97 Å². The van der Waals surface area contributed by atoms with E-state index in [1.54, 1.807) is 24.3 Å². The highest BCUT2D eigenvalue weighted by molar-refractivity contribution is 6.42. The first-order valence-corrected chi connectivity index (χ1v) is 8.84. The van der Waals surface area contributed by atoms with Crippen molar-refractivity contribution >= 4 is 46.8 Å². The van der Waals surface area contributed by atoms with Crippen LogP contribution in [0.25, 0.3) is 6.08 Å². The molecule has 2 rings (SSSR count). The van der Waals surface area contributed by atoms with Gasteiger partial charge in [0.05, 0.1) is 10.0 Å². The molecule has 0 radical (unpaired) electrons. The van der Waals surface area contributed by atoms with E-state index in [1.807, 2.05) is 32.0 Å². The van der Waals surface area contributed by atoms with Crippen LogP contribution in [-0.2, 0) is 20.7 Å². The molecule has 0 aliphatic carbocycles. The van der Waals surface area contributed by atoms with E-state index in [0.29, 0.717) is 15.6 Å². The minimum Gasteiger partial charge on any atom is -0.452 e. The number of halogens is 2. The first-order valence-electron chi connectivity index (χ1n) is 8.09. The van der Waals surface area contributed by atoms with Gasteiger partial charge in [0.2, 0.25) is 0 Å². The van der Waals surface area contributed by atoms with Gasteiger partial charge in [0, 0.05) is 11.8 Å². The number of carbonyl (C=O) groups is 2. The SMILES string of the molecule is CCc1cccc(C)c1NC(=O)COC(=O)/C=C/c1ccc(Cl)c(Cl)c1. The number of aryl methyl sites for hydroxylation is 2. The summed E-state index contributed by atoms with van der Waals surface area (Å²) in [4.78, 5) is 23.8. The summed E-state index contributed by atoms with van der Waals surface area (Å²) in [5, 5.41) is 3.63. The highest BCUT2D eigenvalue weighted by Gasteiger charge is 2.10. The lowest BCUT2D eigenvalue weighted by Crippen LogP contribution is -2.21. The molecule has 0 heterocycles. The highest BCUT2D eigenvalue weighted by Crippen LogP contribution is 2.23. The molecule has 0 aliphatic rings. The Balaban J connectivity index is 1.90. The van der Waals surface area contributed by atoms with Crippen molar-refractivity contribution in [2.24, 2.45) is 0 Å². The molecule has 0 saturated carbocycles. The van der Waals surface area contributed by atoms with Crippen LogP contribution in [0.3, 0.4) is 0 Å². The van der Waals surface area contributed by atoms with E-state index in [9.17, 15) is 9.59 Å². The summed E-state index contributed by atoms with van der Waals surface area (Å²) in [5.74, 6) is -1.00. The van der Waals surface area contributed by atoms with Crippen molar-refractivity contribution in [2.45, 2.75) is 20.3 Å². The number of rotatable bonds is 6. The van der Waals surface area contributed by atoms with Crippen LogP contribution in [0.2, 0.25) is 10.0 Å². The molecule has 0 saturated heterocycles. The first kappa shape index (κ1) is 20.0. The Morgan fingerprint density at radius 2 is 1.92 bits per heavy atom. The Kier molecular flexibility index (Phi) is 7.25. The predicted octanol–water partition coefficient (Wildman–Crippen LogP) is 5.06. The summed E-state index contributed by atoms with van der Waals surface area (Å²) in [7, 11) is 0. The number of benzene rings is 2. The normalized spacial score (nSPS) is 10.8. The van der Waals surface area contributed by atoms with Gasteiger partial charge in [-0.1, -0.05) is 54.4 Å². The van der Waals surface area contributed by atoms with Crippen LogP contribution in [0.1, 0.15) is 23.6 Å². The summed E-state index contributed by atoms with van der Waals surface area (Å²) in [6.45, 7) is 3.57. The van der Waals surface area contributed by atoms with Gasteiger partial charge in [-0.25, -0.2) is 4.79 Å². The number of carbonyl (C=O) groups excluding carboxylic acids is 2. The predicted molar refractivity (Wildman–Crippen MR) is 106 cm³/mol. The Hall–Kier alpha value is -2.30. The van der Waals surface area contributed by atoms with Crippen molar-refractivity contribution in [1.82, 2.24) is 0 Å². The van der Waals surface area contributed by atoms with Crippen molar-refractivity contribution in [3.05, 3.63) is 69.2 Å². The summed E-state index contributed by atoms with van der Waals surface area (Å²) in [5.41, 5.74) is 3.46. The lowest BCUT2D eigenvalue weighted by atomic mass is 10.1. The molecular formula is C20H19Cl2NO3. The topological polar surface area (TPSA) is 55.4 Å². The van der Waals surface area contributed by atoms with Gasteiger partial charge in [-0.15, -0.1) is 0 Å². The maximum atomic E-state index is 12.0. The fourth-order valence-electron chi connectivity index (χ4n) is 2.34. The van der Waals surface area contributed by atoms with Crippen molar-refractivity contribution < 1.29 is 14.3 Å². The van der Waals surface area contributed by atoms with Crippen LogP contribution in [0.5, 0.6) is 0 Å². The fraction of sp³-hybridized carbons (Fsp3) is 0.200. The molecule has 6 heteroatoms. The zero-order valence-corrected chi connectivity index (χ0v) is 16.0. The fourth-order valence-corrected chi connectivity index (χ4v) is 2.65. The molecule has 0 atom stereocenters. The maximum absolute atomic E-state index is 12.0. The molecule has 0 spiro atoms. The largest absolute Gasteiger partial charge is 0.452 e. The molecule has 136 valence electrons. The van der Waals surface area contributed by atoms with Gasteiger partial charge in [-0.2, -0.15) is 0 Å². The Morgan fingerprint density at radius 1 is 1.15 bits per heavy atom. The smallest absolute Gasteiger partial charge is 0.331 e. The summed E-state index contributed by atoms with van der Waals surface area (Å²) in [6, 6.07) is 10.8. The molecular weight excluding hydrogens is 373 g/mol. The second kappa shape index (κ2) is 9.41. The van der Waals surface area contributed by atoms with Crippen molar-refractivity contribution in [1.29, 1.82) is 0 Å². The molecule has 0 unspecified atom stereocenters. The van der Waals surface area contributed by atoms with E-state index >= 15 is 0 Å². The van der Waals surface area contributed by atoms with Gasteiger partial charge in [0.25, 0.3) is 5.91 Å². The van der Waals surface area contributed by atoms with Crippen LogP contribution in [0.15, 0.2) is 42.5 Å². The molecule has 26 heavy (non-hydrogen) atoms. The maximum Gasteiger partial charge on any atom is 0.331 e. The van der Waals surface area contributed by atoms with Crippen molar-refractivity contribution in [3.8, 4) is 0 Å². The molecule has 4 nitrogen and oxygen atoms in total. The lowest BCUT2D eigenvalue weighted by Gasteiger charge is -2.12. The number of ether oxygens (including phenoxy) is 1. The van der Waals surface area contributed by atoms with Crippen LogP contribution >= 0.6 is 23.2 Å². The zero-order valence-electron chi connectivity index (χ0n) is 14.5. The minimum atomic E-state index is -0.619. The number of anilines is 1. The van der Waals surface area contributed by atoms with Crippen LogP contribution in [-0.4, -0.2) is 18.5 Å². The van der Waals surface area contributed by atoms with E-state index in [2.05, 4.69) is 5.32 Å². The van der Waals surface area contributed by atoms with E-state index in [-0.39, 0.29) is 12.5 Å². The third kappa shape index (κ3) is 5.61. The van der Waals surface area contributed by atoms with E-state index in [1.165, 1.54) is 6.08 Å². The van der Waals surface area contributed by atoms with Gasteiger partial charge in [-0.3, -0.25) is 4.79 Å². The molecule has 0 bridgehead atoms. The van der Waals surface area contributed by atoms with E-state index < -0.39 is 5.97 Å². The highest BCUT2D eigenvalue weighted by atomic mass is 35.5. The van der Waals surface area contributed by atoms with E-state index in [0.717, 1.165) is 23.2 Å². The number of esters is 1. The quantitative estimate of drug-likeness (QED) is 0.552. The number of hydrogen-bond acceptors (Lipinski definition) is 3. The Labute approximate surface area is 162 Å². The molecule has 2 aromatic rings. The third-order valence-corrected chi connectivity index (χ3v) is 4.44. The van der Waals surface area contributed by atoms with E-state index in [4.69, 9.17) is 27.9 Å². The first-order chi connectivity index (χ1) is 12.4. The van der Waals surface area contributed by atoms with Gasteiger partial charge in [0.1, 0.15) is 0 Å². The molecule has 0 aromatic heterocycles. The van der Waals surface area contributed by atoms with Gasteiger partial charge in [-0.05, 0) is 48.2 Å². The Morgan fingerprint density at radius 3 is 2.62 bits per heavy atom. The number of amides is 1. The second-order valence-corrected chi connectivity index (χ2v) is 6.44. The van der Waals surface area contributed by atoms with Crippen LogP contribution in [0.4, 0.5) is 5.69 Å².